The number of amides is 1. The second-order valence-electron chi connectivity index (χ2n) is 7.96. The maximum atomic E-state index is 12.9. The molecule has 0 radical (unpaired) electrons. The zero-order valence-electron chi connectivity index (χ0n) is 16.6. The van der Waals surface area contributed by atoms with Gasteiger partial charge in [0.2, 0.25) is 5.95 Å². The highest BCUT2D eigenvalue weighted by Gasteiger charge is 2.34. The predicted octanol–water partition coefficient (Wildman–Crippen LogP) is 3.56. The lowest BCUT2D eigenvalue weighted by Gasteiger charge is -2.45. The Labute approximate surface area is 167 Å². The van der Waals surface area contributed by atoms with Crippen LogP contribution in [-0.4, -0.2) is 58.4 Å². The lowest BCUT2D eigenvalue weighted by Crippen LogP contribution is -2.51. The van der Waals surface area contributed by atoms with Crippen LogP contribution in [0.4, 0.5) is 11.6 Å². The Morgan fingerprint density at radius 2 is 1.86 bits per heavy atom. The summed E-state index contributed by atoms with van der Waals surface area (Å²) in [6.07, 6.45) is 9.82. The maximum absolute atomic E-state index is 12.9. The number of fused-ring (bicyclic) bond motifs is 1. The molecule has 0 unspecified atom stereocenters. The predicted molar refractivity (Wildman–Crippen MR) is 111 cm³/mol. The number of aromatic nitrogens is 2. The third-order valence-corrected chi connectivity index (χ3v) is 6.04. The molecule has 1 amide bonds. The minimum absolute atomic E-state index is 0.0930. The SMILES string of the molecule is CN(C[C@@H]1CCCN2CCCC[C@H]12)C(=O)c1ccc(Nc2ncccn2)cc1. The molecular weight excluding hydrogens is 350 g/mol. The first-order valence-electron chi connectivity index (χ1n) is 10.3. The maximum Gasteiger partial charge on any atom is 0.253 e. The number of piperidine rings is 2. The molecule has 1 N–H and O–H groups in total. The molecule has 28 heavy (non-hydrogen) atoms. The van der Waals surface area contributed by atoms with Gasteiger partial charge in [-0.15, -0.1) is 0 Å². The third kappa shape index (κ3) is 4.33. The van der Waals surface area contributed by atoms with Crippen LogP contribution in [0.1, 0.15) is 42.5 Å². The second kappa shape index (κ2) is 8.69. The molecule has 1 aromatic carbocycles. The Morgan fingerprint density at radius 1 is 1.11 bits per heavy atom. The number of hydrogen-bond donors (Lipinski definition) is 1. The van der Waals surface area contributed by atoms with Crippen LogP contribution in [0.25, 0.3) is 0 Å². The molecule has 0 aliphatic carbocycles. The van der Waals surface area contributed by atoms with Gasteiger partial charge in [-0.3, -0.25) is 4.79 Å². The van der Waals surface area contributed by atoms with Crippen molar-refractivity contribution in [3.63, 3.8) is 0 Å². The molecule has 4 rings (SSSR count). The number of nitrogens with zero attached hydrogens (tertiary/aromatic N) is 4. The summed E-state index contributed by atoms with van der Waals surface area (Å²) >= 11 is 0. The summed E-state index contributed by atoms with van der Waals surface area (Å²) in [7, 11) is 1.94. The molecule has 3 heterocycles. The van der Waals surface area contributed by atoms with Crippen LogP contribution < -0.4 is 5.32 Å². The number of hydrogen-bond acceptors (Lipinski definition) is 5. The average Bonchev–Trinajstić information content (AvgIpc) is 2.75. The van der Waals surface area contributed by atoms with Gasteiger partial charge in [0.25, 0.3) is 5.91 Å². The average molecular weight is 380 g/mol. The van der Waals surface area contributed by atoms with Crippen LogP contribution in [0.2, 0.25) is 0 Å². The van der Waals surface area contributed by atoms with Gasteiger partial charge in [0.05, 0.1) is 0 Å². The molecule has 1 aromatic heterocycles. The molecule has 2 aromatic rings. The molecule has 2 atom stereocenters. The van der Waals surface area contributed by atoms with Crippen LogP contribution in [0.5, 0.6) is 0 Å². The standard InChI is InChI=1S/C22H29N5O/c1-26(16-18-6-4-15-27-14-3-2-7-20(18)27)21(28)17-8-10-19(11-9-17)25-22-23-12-5-13-24-22/h5,8-13,18,20H,2-4,6-7,14-16H2,1H3,(H,23,24,25)/t18-,20+/m0/s1. The molecule has 6 nitrogen and oxygen atoms in total. The van der Waals surface area contributed by atoms with E-state index in [0.29, 0.717) is 17.9 Å². The van der Waals surface area contributed by atoms with Crippen LogP contribution in [0, 0.1) is 5.92 Å². The number of benzene rings is 1. The lowest BCUT2D eigenvalue weighted by atomic mass is 9.83. The molecule has 6 heteroatoms. The van der Waals surface area contributed by atoms with Gasteiger partial charge in [0, 0.05) is 43.3 Å². The van der Waals surface area contributed by atoms with E-state index in [4.69, 9.17) is 0 Å². The summed E-state index contributed by atoms with van der Waals surface area (Å²) in [4.78, 5) is 25.8. The highest BCUT2D eigenvalue weighted by Crippen LogP contribution is 2.31. The van der Waals surface area contributed by atoms with Crippen molar-refractivity contribution in [1.82, 2.24) is 19.8 Å². The van der Waals surface area contributed by atoms with E-state index in [-0.39, 0.29) is 5.91 Å². The van der Waals surface area contributed by atoms with Gasteiger partial charge in [-0.05, 0) is 75.0 Å². The monoisotopic (exact) mass is 379 g/mol. The van der Waals surface area contributed by atoms with Crippen molar-refractivity contribution < 1.29 is 4.79 Å². The van der Waals surface area contributed by atoms with Gasteiger partial charge in [-0.1, -0.05) is 6.42 Å². The van der Waals surface area contributed by atoms with Gasteiger partial charge < -0.3 is 15.1 Å². The van der Waals surface area contributed by atoms with Crippen molar-refractivity contribution in [3.05, 3.63) is 48.3 Å². The summed E-state index contributed by atoms with van der Waals surface area (Å²) in [5.74, 6) is 1.24. The Kier molecular flexibility index (Phi) is 5.86. The molecule has 2 aliphatic heterocycles. The first kappa shape index (κ1) is 18.9. The summed E-state index contributed by atoms with van der Waals surface area (Å²) in [6.45, 7) is 3.31. The van der Waals surface area contributed by atoms with Crippen molar-refractivity contribution >= 4 is 17.5 Å². The van der Waals surface area contributed by atoms with Crippen molar-refractivity contribution in [2.24, 2.45) is 5.92 Å². The molecule has 148 valence electrons. The first-order valence-corrected chi connectivity index (χ1v) is 10.3. The number of anilines is 2. The van der Waals surface area contributed by atoms with Gasteiger partial charge >= 0.3 is 0 Å². The van der Waals surface area contributed by atoms with E-state index in [1.807, 2.05) is 36.2 Å². The third-order valence-electron chi connectivity index (χ3n) is 6.04. The van der Waals surface area contributed by atoms with Crippen LogP contribution in [0.3, 0.4) is 0 Å². The summed E-state index contributed by atoms with van der Waals surface area (Å²) in [6, 6.07) is 9.99. The van der Waals surface area contributed by atoms with Crippen molar-refractivity contribution in [2.75, 3.05) is 32.0 Å². The number of carbonyl (C=O) groups is 1. The minimum atomic E-state index is 0.0930. The van der Waals surface area contributed by atoms with E-state index in [1.54, 1.807) is 18.5 Å². The van der Waals surface area contributed by atoms with E-state index < -0.39 is 0 Å². The molecule has 2 fully saturated rings. The highest BCUT2D eigenvalue weighted by atomic mass is 16.2. The zero-order valence-corrected chi connectivity index (χ0v) is 16.6. The fraction of sp³-hybridized carbons (Fsp3) is 0.500. The van der Waals surface area contributed by atoms with Gasteiger partial charge in [-0.2, -0.15) is 0 Å². The molecule has 2 aliphatic rings. The van der Waals surface area contributed by atoms with Crippen molar-refractivity contribution in [2.45, 2.75) is 38.1 Å². The molecule has 2 saturated heterocycles. The molecule has 0 bridgehead atoms. The fourth-order valence-corrected chi connectivity index (χ4v) is 4.63. The van der Waals surface area contributed by atoms with E-state index in [9.17, 15) is 4.79 Å². The zero-order chi connectivity index (χ0) is 19.3. The van der Waals surface area contributed by atoms with Crippen molar-refractivity contribution in [1.29, 1.82) is 0 Å². The van der Waals surface area contributed by atoms with Crippen molar-refractivity contribution in [3.8, 4) is 0 Å². The van der Waals surface area contributed by atoms with Gasteiger partial charge in [0.15, 0.2) is 0 Å². The molecular formula is C22H29N5O. The Bertz CT molecular complexity index is 777. The first-order chi connectivity index (χ1) is 13.7. The summed E-state index contributed by atoms with van der Waals surface area (Å²) in [5, 5.41) is 3.14. The van der Waals surface area contributed by atoms with Gasteiger partial charge in [-0.25, -0.2) is 9.97 Å². The second-order valence-corrected chi connectivity index (χ2v) is 7.96. The lowest BCUT2D eigenvalue weighted by molar-refractivity contribution is 0.0403. The van der Waals surface area contributed by atoms with E-state index in [1.165, 1.54) is 45.2 Å². The quantitative estimate of drug-likeness (QED) is 0.861. The Morgan fingerprint density at radius 3 is 2.64 bits per heavy atom. The highest BCUT2D eigenvalue weighted by molar-refractivity contribution is 5.94. The van der Waals surface area contributed by atoms with Crippen LogP contribution in [0.15, 0.2) is 42.7 Å². The van der Waals surface area contributed by atoms with Crippen LogP contribution in [-0.2, 0) is 0 Å². The largest absolute Gasteiger partial charge is 0.341 e. The van der Waals surface area contributed by atoms with Gasteiger partial charge in [0.1, 0.15) is 0 Å². The van der Waals surface area contributed by atoms with E-state index in [2.05, 4.69) is 20.2 Å². The smallest absolute Gasteiger partial charge is 0.253 e. The fourth-order valence-electron chi connectivity index (χ4n) is 4.63. The summed E-state index contributed by atoms with van der Waals surface area (Å²) in [5.41, 5.74) is 1.59. The minimum Gasteiger partial charge on any atom is -0.341 e. The number of rotatable bonds is 5. The Balaban J connectivity index is 1.36. The van der Waals surface area contributed by atoms with E-state index in [0.717, 1.165) is 17.8 Å². The molecule has 0 spiro atoms. The Hall–Kier alpha value is -2.47. The molecule has 0 saturated carbocycles. The van der Waals surface area contributed by atoms with Crippen LogP contribution >= 0.6 is 0 Å². The van der Waals surface area contributed by atoms with E-state index >= 15 is 0 Å². The topological polar surface area (TPSA) is 61.4 Å². The summed E-state index contributed by atoms with van der Waals surface area (Å²) < 4.78 is 0. The normalized spacial score (nSPS) is 22.3. The number of nitrogens with one attached hydrogen (secondary N) is 1. The number of carbonyl (C=O) groups excluding carboxylic acids is 1.